The Labute approximate surface area is 241 Å². The molecule has 1 saturated heterocycles. The maximum atomic E-state index is 13.3. The minimum absolute atomic E-state index is 0.0397. The van der Waals surface area contributed by atoms with Crippen molar-refractivity contribution in [2.45, 2.75) is 13.5 Å². The molecule has 0 radical (unpaired) electrons. The average molecular weight is 624 g/mol. The van der Waals surface area contributed by atoms with Crippen LogP contribution in [0.5, 0.6) is 11.5 Å². The molecule has 41 heavy (non-hydrogen) atoms. The second-order valence-electron chi connectivity index (χ2n) is 8.47. The van der Waals surface area contributed by atoms with Crippen LogP contribution in [0.1, 0.15) is 28.4 Å². The standard InChI is InChI=1S/C28H22BrN3O9/c1-3-40-23-14-17(13-22(29)24(23)41-15-16-4-8-20(9-5-16)32(37)38)12-21-25(33)30-28(36)31(26(21)34)19-10-6-18(7-11-19)27(35)39-2/h4-14H,3,15H2,1-2H3,(H,30,33,36)/b21-12+. The lowest BCUT2D eigenvalue weighted by atomic mass is 10.1. The first-order valence-corrected chi connectivity index (χ1v) is 12.8. The Kier molecular flexibility index (Phi) is 8.78. The van der Waals surface area contributed by atoms with Crippen molar-refractivity contribution in [2.24, 2.45) is 0 Å². The van der Waals surface area contributed by atoms with Gasteiger partial charge in [0.2, 0.25) is 0 Å². The van der Waals surface area contributed by atoms with Gasteiger partial charge in [-0.3, -0.25) is 25.0 Å². The van der Waals surface area contributed by atoms with Crippen LogP contribution >= 0.6 is 15.9 Å². The topological polar surface area (TPSA) is 154 Å². The van der Waals surface area contributed by atoms with E-state index in [0.717, 1.165) is 4.90 Å². The molecule has 1 fully saturated rings. The molecule has 0 aliphatic carbocycles. The first-order valence-electron chi connectivity index (χ1n) is 12.0. The lowest BCUT2D eigenvalue weighted by molar-refractivity contribution is -0.384. The molecule has 3 aromatic rings. The number of nitrogens with zero attached hydrogens (tertiary/aromatic N) is 2. The van der Waals surface area contributed by atoms with E-state index in [1.165, 1.54) is 49.6 Å². The number of nitrogens with one attached hydrogen (secondary N) is 1. The molecular weight excluding hydrogens is 602 g/mol. The molecule has 0 atom stereocenters. The van der Waals surface area contributed by atoms with Crippen LogP contribution in [0, 0.1) is 10.1 Å². The van der Waals surface area contributed by atoms with Crippen molar-refractivity contribution < 1.29 is 38.3 Å². The van der Waals surface area contributed by atoms with Crippen molar-refractivity contribution in [1.29, 1.82) is 0 Å². The van der Waals surface area contributed by atoms with E-state index in [-0.39, 0.29) is 35.7 Å². The normalized spacial score (nSPS) is 14.1. The van der Waals surface area contributed by atoms with Gasteiger partial charge in [0, 0.05) is 12.1 Å². The minimum Gasteiger partial charge on any atom is -0.490 e. The molecule has 4 rings (SSSR count). The Morgan fingerprint density at radius 1 is 1.05 bits per heavy atom. The third kappa shape index (κ3) is 6.41. The first kappa shape index (κ1) is 29.0. The van der Waals surface area contributed by atoms with E-state index in [1.807, 2.05) is 0 Å². The molecular formula is C28H22BrN3O9. The van der Waals surface area contributed by atoms with Crippen molar-refractivity contribution in [1.82, 2.24) is 5.32 Å². The van der Waals surface area contributed by atoms with Crippen LogP contribution in [-0.4, -0.2) is 42.5 Å². The van der Waals surface area contributed by atoms with E-state index in [0.29, 0.717) is 27.1 Å². The van der Waals surface area contributed by atoms with Crippen molar-refractivity contribution in [2.75, 3.05) is 18.6 Å². The number of nitro benzene ring substituents is 1. The molecule has 1 aliphatic heterocycles. The Morgan fingerprint density at radius 3 is 2.34 bits per heavy atom. The average Bonchev–Trinajstić information content (AvgIpc) is 2.95. The number of non-ortho nitro benzene ring substituents is 1. The molecule has 1 N–H and O–H groups in total. The van der Waals surface area contributed by atoms with Crippen LogP contribution in [0.25, 0.3) is 6.08 Å². The van der Waals surface area contributed by atoms with Gasteiger partial charge in [-0.25, -0.2) is 14.5 Å². The van der Waals surface area contributed by atoms with Crippen LogP contribution in [0.2, 0.25) is 0 Å². The molecule has 0 saturated carbocycles. The quantitative estimate of drug-likeness (QED) is 0.116. The Bertz CT molecular complexity index is 1570. The summed E-state index contributed by atoms with van der Waals surface area (Å²) in [6.07, 6.45) is 1.31. The number of urea groups is 1. The second-order valence-corrected chi connectivity index (χ2v) is 9.33. The maximum absolute atomic E-state index is 13.3. The van der Waals surface area contributed by atoms with E-state index in [9.17, 15) is 29.3 Å². The van der Waals surface area contributed by atoms with E-state index in [1.54, 1.807) is 31.2 Å². The van der Waals surface area contributed by atoms with Crippen LogP contribution in [-0.2, 0) is 20.9 Å². The number of esters is 1. The fourth-order valence-corrected chi connectivity index (χ4v) is 4.44. The highest BCUT2D eigenvalue weighted by molar-refractivity contribution is 9.10. The highest BCUT2D eigenvalue weighted by Gasteiger charge is 2.37. The number of imide groups is 2. The Balaban J connectivity index is 1.61. The number of anilines is 1. The summed E-state index contributed by atoms with van der Waals surface area (Å²) >= 11 is 3.44. The van der Waals surface area contributed by atoms with Crippen LogP contribution in [0.15, 0.2) is 70.7 Å². The minimum atomic E-state index is -0.936. The number of nitro groups is 1. The summed E-state index contributed by atoms with van der Waals surface area (Å²) in [4.78, 5) is 61.4. The summed E-state index contributed by atoms with van der Waals surface area (Å²) in [7, 11) is 1.23. The van der Waals surface area contributed by atoms with Gasteiger partial charge >= 0.3 is 12.0 Å². The number of barbiturate groups is 1. The molecule has 4 amide bonds. The van der Waals surface area contributed by atoms with Crippen molar-refractivity contribution in [3.05, 3.63) is 97.5 Å². The van der Waals surface area contributed by atoms with E-state index in [4.69, 9.17) is 9.47 Å². The van der Waals surface area contributed by atoms with Gasteiger partial charge in [-0.15, -0.1) is 0 Å². The Hall–Kier alpha value is -5.04. The summed E-state index contributed by atoms with van der Waals surface area (Å²) in [5, 5.41) is 13.0. The summed E-state index contributed by atoms with van der Waals surface area (Å²) in [5.74, 6) is -1.68. The van der Waals surface area contributed by atoms with E-state index < -0.39 is 28.7 Å². The third-order valence-corrected chi connectivity index (χ3v) is 6.41. The number of benzene rings is 3. The molecule has 12 nitrogen and oxygen atoms in total. The van der Waals surface area contributed by atoms with Gasteiger partial charge in [0.15, 0.2) is 11.5 Å². The Morgan fingerprint density at radius 2 is 1.73 bits per heavy atom. The molecule has 0 aromatic heterocycles. The summed E-state index contributed by atoms with van der Waals surface area (Å²) in [6.45, 7) is 2.14. The predicted molar refractivity (Wildman–Crippen MR) is 150 cm³/mol. The molecule has 1 heterocycles. The number of rotatable bonds is 9. The van der Waals surface area contributed by atoms with Crippen molar-refractivity contribution >= 4 is 57.2 Å². The predicted octanol–water partition coefficient (Wildman–Crippen LogP) is 4.79. The van der Waals surface area contributed by atoms with Crippen LogP contribution in [0.3, 0.4) is 0 Å². The number of methoxy groups -OCH3 is 1. The van der Waals surface area contributed by atoms with Crippen LogP contribution in [0.4, 0.5) is 16.2 Å². The second kappa shape index (κ2) is 12.4. The number of hydrogen-bond donors (Lipinski definition) is 1. The zero-order valence-electron chi connectivity index (χ0n) is 21.7. The number of amides is 4. The van der Waals surface area contributed by atoms with Gasteiger partial charge in [0.05, 0.1) is 34.4 Å². The van der Waals surface area contributed by atoms with Gasteiger partial charge in [0.25, 0.3) is 17.5 Å². The smallest absolute Gasteiger partial charge is 0.337 e. The van der Waals surface area contributed by atoms with Crippen molar-refractivity contribution in [3.8, 4) is 11.5 Å². The number of halogens is 1. The van der Waals surface area contributed by atoms with Gasteiger partial charge in [-0.2, -0.15) is 0 Å². The third-order valence-electron chi connectivity index (χ3n) is 5.82. The van der Waals surface area contributed by atoms with Crippen molar-refractivity contribution in [3.63, 3.8) is 0 Å². The van der Waals surface area contributed by atoms with Crippen LogP contribution < -0.4 is 19.7 Å². The first-order chi connectivity index (χ1) is 19.6. The van der Waals surface area contributed by atoms with Gasteiger partial charge < -0.3 is 14.2 Å². The number of hydrogen-bond acceptors (Lipinski definition) is 9. The fraction of sp³-hybridized carbons (Fsp3) is 0.143. The number of carbonyl (C=O) groups is 4. The zero-order chi connectivity index (χ0) is 29.7. The largest absolute Gasteiger partial charge is 0.490 e. The zero-order valence-corrected chi connectivity index (χ0v) is 23.3. The van der Waals surface area contributed by atoms with E-state index >= 15 is 0 Å². The van der Waals surface area contributed by atoms with Gasteiger partial charge in [0.1, 0.15) is 12.2 Å². The molecule has 210 valence electrons. The summed E-state index contributed by atoms with van der Waals surface area (Å²) in [6, 6.07) is 13.7. The molecule has 1 aliphatic rings. The summed E-state index contributed by atoms with van der Waals surface area (Å²) < 4.78 is 16.8. The molecule has 0 unspecified atom stereocenters. The SMILES string of the molecule is CCOc1cc(/C=C2\C(=O)NC(=O)N(c3ccc(C(=O)OC)cc3)C2=O)cc(Br)c1OCc1ccc([N+](=O)[O-])cc1. The lowest BCUT2D eigenvalue weighted by Crippen LogP contribution is -2.54. The van der Waals surface area contributed by atoms with Gasteiger partial charge in [-0.1, -0.05) is 0 Å². The molecule has 0 bridgehead atoms. The fourth-order valence-electron chi connectivity index (χ4n) is 3.87. The highest BCUT2D eigenvalue weighted by atomic mass is 79.9. The van der Waals surface area contributed by atoms with E-state index in [2.05, 4.69) is 26.0 Å². The highest BCUT2D eigenvalue weighted by Crippen LogP contribution is 2.38. The monoisotopic (exact) mass is 623 g/mol. The molecule has 3 aromatic carbocycles. The van der Waals surface area contributed by atoms with Gasteiger partial charge in [-0.05, 0) is 88.6 Å². The number of ether oxygens (including phenoxy) is 3. The maximum Gasteiger partial charge on any atom is 0.337 e. The molecule has 0 spiro atoms. The molecule has 13 heteroatoms. The number of carbonyl (C=O) groups excluding carboxylic acids is 4. The summed E-state index contributed by atoms with van der Waals surface area (Å²) in [5.41, 5.74) is 1.10. The lowest BCUT2D eigenvalue weighted by Gasteiger charge is -2.26.